The summed E-state index contributed by atoms with van der Waals surface area (Å²) in [6.07, 6.45) is 3.55. The normalized spacial score (nSPS) is 13.9. The van der Waals surface area contributed by atoms with Crippen molar-refractivity contribution in [1.82, 2.24) is 0 Å². The molecule has 138 valence electrons. The molecule has 27 heavy (non-hydrogen) atoms. The molecule has 0 saturated heterocycles. The van der Waals surface area contributed by atoms with Gasteiger partial charge in [0, 0.05) is 18.2 Å². The minimum absolute atomic E-state index is 0.00639. The first-order valence-electron chi connectivity index (χ1n) is 8.44. The smallest absolute Gasteiger partial charge is 0.269 e. The van der Waals surface area contributed by atoms with Crippen LogP contribution in [0.4, 0.5) is 5.69 Å². The molecule has 1 aliphatic rings. The predicted molar refractivity (Wildman–Crippen MR) is 102 cm³/mol. The van der Waals surface area contributed by atoms with Gasteiger partial charge in [-0.2, -0.15) is 0 Å². The average Bonchev–Trinajstić information content (AvgIpc) is 2.91. The number of nitrogens with zero attached hydrogens (tertiary/aromatic N) is 1. The zero-order valence-electron chi connectivity index (χ0n) is 15.3. The van der Waals surface area contributed by atoms with Gasteiger partial charge in [-0.05, 0) is 62.2 Å². The van der Waals surface area contributed by atoms with E-state index in [0.29, 0.717) is 29.2 Å². The molecule has 0 spiro atoms. The van der Waals surface area contributed by atoms with Crippen molar-refractivity contribution in [2.24, 2.45) is 0 Å². The molecule has 0 aliphatic carbocycles. The highest BCUT2D eigenvalue weighted by Gasteiger charge is 2.30. The Hall–Kier alpha value is -3.41. The zero-order chi connectivity index (χ0) is 19.6. The lowest BCUT2D eigenvalue weighted by Gasteiger charge is -2.07. The van der Waals surface area contributed by atoms with Crippen molar-refractivity contribution in [3.05, 3.63) is 80.6 Å². The number of nitro groups is 1. The number of benzene rings is 2. The molecular weight excluding hydrogens is 346 g/mol. The Morgan fingerprint density at radius 3 is 2.56 bits per heavy atom. The average molecular weight is 365 g/mol. The van der Waals surface area contributed by atoms with E-state index in [1.807, 2.05) is 32.9 Å². The van der Waals surface area contributed by atoms with Crippen molar-refractivity contribution in [2.75, 3.05) is 6.61 Å². The lowest BCUT2D eigenvalue weighted by molar-refractivity contribution is -0.384. The van der Waals surface area contributed by atoms with E-state index in [2.05, 4.69) is 0 Å². The maximum Gasteiger partial charge on any atom is 0.269 e. The van der Waals surface area contributed by atoms with Crippen molar-refractivity contribution < 1.29 is 19.2 Å². The Morgan fingerprint density at radius 1 is 1.22 bits per heavy atom. The summed E-state index contributed by atoms with van der Waals surface area (Å²) >= 11 is 0. The van der Waals surface area contributed by atoms with Crippen LogP contribution in [-0.4, -0.2) is 17.3 Å². The van der Waals surface area contributed by atoms with E-state index in [4.69, 9.17) is 9.47 Å². The lowest BCUT2D eigenvalue weighted by Crippen LogP contribution is -2.00. The van der Waals surface area contributed by atoms with Gasteiger partial charge in [0.25, 0.3) is 5.69 Å². The standard InChI is InChI=1S/C21H19NO5/c1-13(2)8-9-26-17-10-14(3)20-18(12-17)27-19(21(20)23)11-15-4-6-16(7-5-15)22(24)25/h4-8,10-12H,9H2,1-3H3/b19-11-. The molecule has 1 heterocycles. The highest BCUT2D eigenvalue weighted by molar-refractivity contribution is 6.15. The summed E-state index contributed by atoms with van der Waals surface area (Å²) < 4.78 is 11.4. The number of fused-ring (bicyclic) bond motifs is 1. The molecule has 0 radical (unpaired) electrons. The first-order chi connectivity index (χ1) is 12.8. The quantitative estimate of drug-likeness (QED) is 0.327. The third kappa shape index (κ3) is 4.06. The molecular formula is C21H19NO5. The number of Topliss-reactive ketones (excluding diaryl/α,β-unsaturated/α-hetero) is 1. The van der Waals surface area contributed by atoms with Crippen LogP contribution >= 0.6 is 0 Å². The van der Waals surface area contributed by atoms with E-state index in [-0.39, 0.29) is 17.2 Å². The Labute approximate surface area is 156 Å². The molecule has 3 rings (SSSR count). The summed E-state index contributed by atoms with van der Waals surface area (Å²) in [7, 11) is 0. The van der Waals surface area contributed by atoms with Gasteiger partial charge in [-0.3, -0.25) is 14.9 Å². The van der Waals surface area contributed by atoms with Crippen molar-refractivity contribution in [2.45, 2.75) is 20.8 Å². The van der Waals surface area contributed by atoms with E-state index in [9.17, 15) is 14.9 Å². The summed E-state index contributed by atoms with van der Waals surface area (Å²) in [4.78, 5) is 22.9. The molecule has 1 aliphatic heterocycles. The summed E-state index contributed by atoms with van der Waals surface area (Å²) in [5.74, 6) is 1.06. The first kappa shape index (κ1) is 18.4. The molecule has 0 saturated carbocycles. The number of hydrogen-bond acceptors (Lipinski definition) is 5. The lowest BCUT2D eigenvalue weighted by atomic mass is 10.0. The minimum atomic E-state index is -0.468. The number of aryl methyl sites for hydroxylation is 1. The van der Waals surface area contributed by atoms with Crippen LogP contribution in [0.1, 0.15) is 35.3 Å². The van der Waals surface area contributed by atoms with Crippen LogP contribution < -0.4 is 9.47 Å². The number of carbonyl (C=O) groups excluding carboxylic acids is 1. The largest absolute Gasteiger partial charge is 0.489 e. The molecule has 0 fully saturated rings. The second-order valence-electron chi connectivity index (χ2n) is 6.49. The van der Waals surface area contributed by atoms with Crippen LogP contribution in [-0.2, 0) is 0 Å². The van der Waals surface area contributed by atoms with Crippen LogP contribution in [0.2, 0.25) is 0 Å². The highest BCUT2D eigenvalue weighted by atomic mass is 16.6. The number of nitro benzene ring substituents is 1. The molecule has 0 amide bonds. The Morgan fingerprint density at radius 2 is 1.93 bits per heavy atom. The fraction of sp³-hybridized carbons (Fsp3) is 0.190. The van der Waals surface area contributed by atoms with Gasteiger partial charge >= 0.3 is 0 Å². The van der Waals surface area contributed by atoms with Crippen molar-refractivity contribution >= 4 is 17.5 Å². The molecule has 0 aromatic heterocycles. The van der Waals surface area contributed by atoms with Gasteiger partial charge in [-0.1, -0.05) is 5.57 Å². The number of ether oxygens (including phenoxy) is 2. The molecule has 0 bridgehead atoms. The topological polar surface area (TPSA) is 78.7 Å². The Balaban J connectivity index is 1.84. The van der Waals surface area contributed by atoms with Gasteiger partial charge in [-0.25, -0.2) is 0 Å². The van der Waals surface area contributed by atoms with Gasteiger partial charge < -0.3 is 9.47 Å². The van der Waals surface area contributed by atoms with E-state index >= 15 is 0 Å². The van der Waals surface area contributed by atoms with Gasteiger partial charge in [0.05, 0.1) is 10.5 Å². The number of non-ortho nitro benzene ring substituents is 1. The fourth-order valence-corrected chi connectivity index (χ4v) is 2.71. The van der Waals surface area contributed by atoms with Crippen molar-refractivity contribution in [3.63, 3.8) is 0 Å². The van der Waals surface area contributed by atoms with Crippen LogP contribution in [0, 0.1) is 17.0 Å². The molecule has 6 heteroatoms. The summed E-state index contributed by atoms with van der Waals surface area (Å²) in [6, 6.07) is 9.44. The highest BCUT2D eigenvalue weighted by Crippen LogP contribution is 2.37. The number of ketones is 1. The number of allylic oxidation sites excluding steroid dienone is 2. The van der Waals surface area contributed by atoms with Crippen LogP contribution in [0.15, 0.2) is 53.8 Å². The maximum atomic E-state index is 12.7. The van der Waals surface area contributed by atoms with Gasteiger partial charge in [0.2, 0.25) is 5.78 Å². The van der Waals surface area contributed by atoms with Gasteiger partial charge in [0.15, 0.2) is 5.76 Å². The minimum Gasteiger partial charge on any atom is -0.489 e. The molecule has 0 unspecified atom stereocenters. The Kier molecular flexibility index (Phi) is 5.07. The second-order valence-corrected chi connectivity index (χ2v) is 6.49. The zero-order valence-corrected chi connectivity index (χ0v) is 15.3. The van der Waals surface area contributed by atoms with Gasteiger partial charge in [0.1, 0.15) is 18.1 Å². The van der Waals surface area contributed by atoms with Crippen LogP contribution in [0.3, 0.4) is 0 Å². The number of rotatable bonds is 5. The van der Waals surface area contributed by atoms with Crippen molar-refractivity contribution in [1.29, 1.82) is 0 Å². The first-order valence-corrected chi connectivity index (χ1v) is 8.44. The summed E-state index contributed by atoms with van der Waals surface area (Å²) in [5.41, 5.74) is 3.09. The van der Waals surface area contributed by atoms with Crippen LogP contribution in [0.5, 0.6) is 11.5 Å². The third-order valence-electron chi connectivity index (χ3n) is 4.09. The van der Waals surface area contributed by atoms with Crippen LogP contribution in [0.25, 0.3) is 6.08 Å². The third-order valence-corrected chi connectivity index (χ3v) is 4.09. The van der Waals surface area contributed by atoms with E-state index in [1.54, 1.807) is 24.3 Å². The van der Waals surface area contributed by atoms with E-state index in [1.165, 1.54) is 12.1 Å². The summed E-state index contributed by atoms with van der Waals surface area (Å²) in [6.45, 7) is 6.27. The molecule has 2 aromatic rings. The Bertz CT molecular complexity index is 967. The molecule has 0 atom stereocenters. The monoisotopic (exact) mass is 365 g/mol. The fourth-order valence-electron chi connectivity index (χ4n) is 2.71. The number of carbonyl (C=O) groups is 1. The van der Waals surface area contributed by atoms with E-state index < -0.39 is 4.92 Å². The molecule has 2 aromatic carbocycles. The van der Waals surface area contributed by atoms with E-state index in [0.717, 1.165) is 11.1 Å². The van der Waals surface area contributed by atoms with Gasteiger partial charge in [-0.15, -0.1) is 0 Å². The van der Waals surface area contributed by atoms with Crippen molar-refractivity contribution in [3.8, 4) is 11.5 Å². The molecule has 6 nitrogen and oxygen atoms in total. The summed E-state index contributed by atoms with van der Waals surface area (Å²) in [5, 5.41) is 10.7. The molecule has 0 N–H and O–H groups in total. The number of hydrogen-bond donors (Lipinski definition) is 0. The predicted octanol–water partition coefficient (Wildman–Crippen LogP) is 4.86. The second kappa shape index (κ2) is 7.45. The maximum absolute atomic E-state index is 12.7. The SMILES string of the molecule is CC(C)=CCOc1cc(C)c2c(c1)O/C(=C\c1ccc([N+](=O)[O-])cc1)C2=O.